The molecule has 2 rings (SSSR count). The molecule has 142 valence electrons. The van der Waals surface area contributed by atoms with Crippen molar-refractivity contribution in [3.05, 3.63) is 11.1 Å². The molecular weight excluding hydrogens is 362 g/mol. The number of esters is 1. The van der Waals surface area contributed by atoms with Gasteiger partial charge < -0.3 is 10.1 Å². The standard InChI is InChI=1S/C16H27N3O4S2/c1-11(2)25(21,22)19-13-6-4-12(5-7-13)9-17-16-18-14(10-24-16)8-15(20)23-3/h10-13,19H,4-9H2,1-3H3,(H,17,18). The predicted molar refractivity (Wildman–Crippen MR) is 99.3 cm³/mol. The summed E-state index contributed by atoms with van der Waals surface area (Å²) in [6.45, 7) is 4.20. The van der Waals surface area contributed by atoms with Crippen LogP contribution in [0.25, 0.3) is 0 Å². The van der Waals surface area contributed by atoms with Gasteiger partial charge in [0, 0.05) is 18.0 Å². The summed E-state index contributed by atoms with van der Waals surface area (Å²) in [7, 11) is -1.83. The normalized spacial score (nSPS) is 21.3. The van der Waals surface area contributed by atoms with E-state index in [0.29, 0.717) is 11.6 Å². The van der Waals surface area contributed by atoms with E-state index in [4.69, 9.17) is 0 Å². The van der Waals surface area contributed by atoms with Crippen LogP contribution in [0.3, 0.4) is 0 Å². The van der Waals surface area contributed by atoms with Gasteiger partial charge in [-0.2, -0.15) is 0 Å². The number of carbonyl (C=O) groups is 1. The van der Waals surface area contributed by atoms with Crippen LogP contribution < -0.4 is 10.0 Å². The van der Waals surface area contributed by atoms with Crippen molar-refractivity contribution < 1.29 is 17.9 Å². The molecule has 1 aliphatic carbocycles. The first kappa shape index (κ1) is 20.1. The molecule has 1 aromatic rings. The summed E-state index contributed by atoms with van der Waals surface area (Å²) in [6.07, 6.45) is 3.89. The molecule has 0 aliphatic heterocycles. The number of sulfonamides is 1. The lowest BCUT2D eigenvalue weighted by atomic mass is 9.86. The van der Waals surface area contributed by atoms with E-state index in [1.165, 1.54) is 18.4 Å². The zero-order valence-electron chi connectivity index (χ0n) is 14.9. The third kappa shape index (κ3) is 6.23. The largest absolute Gasteiger partial charge is 0.469 e. The second kappa shape index (κ2) is 8.95. The number of nitrogens with one attached hydrogen (secondary N) is 2. The Morgan fingerprint density at radius 2 is 2.04 bits per heavy atom. The number of thiazole rings is 1. The third-order valence-electron chi connectivity index (χ3n) is 4.45. The average molecular weight is 390 g/mol. The van der Waals surface area contributed by atoms with Crippen LogP contribution in [-0.4, -0.2) is 44.3 Å². The summed E-state index contributed by atoms with van der Waals surface area (Å²) < 4.78 is 31.3. The lowest BCUT2D eigenvalue weighted by molar-refractivity contribution is -0.139. The summed E-state index contributed by atoms with van der Waals surface area (Å²) in [4.78, 5) is 15.6. The molecule has 9 heteroatoms. The second-order valence-electron chi connectivity index (χ2n) is 6.71. The molecular formula is C16H27N3O4S2. The fourth-order valence-electron chi connectivity index (χ4n) is 2.77. The van der Waals surface area contributed by atoms with Crippen molar-refractivity contribution in [2.45, 2.75) is 57.2 Å². The molecule has 1 aliphatic rings. The number of anilines is 1. The highest BCUT2D eigenvalue weighted by Gasteiger charge is 2.26. The van der Waals surface area contributed by atoms with Gasteiger partial charge in [0.2, 0.25) is 10.0 Å². The van der Waals surface area contributed by atoms with Crippen LogP contribution in [0, 0.1) is 5.92 Å². The van der Waals surface area contributed by atoms with Crippen molar-refractivity contribution in [3.8, 4) is 0 Å². The van der Waals surface area contributed by atoms with Gasteiger partial charge in [0.25, 0.3) is 0 Å². The maximum absolute atomic E-state index is 11.9. The van der Waals surface area contributed by atoms with Crippen LogP contribution >= 0.6 is 11.3 Å². The van der Waals surface area contributed by atoms with Crippen molar-refractivity contribution in [2.24, 2.45) is 5.92 Å². The first-order valence-corrected chi connectivity index (χ1v) is 11.0. The molecule has 0 aromatic carbocycles. The van der Waals surface area contributed by atoms with Gasteiger partial charge in [-0.05, 0) is 45.4 Å². The summed E-state index contributed by atoms with van der Waals surface area (Å²) in [5.41, 5.74) is 0.714. The van der Waals surface area contributed by atoms with Crippen LogP contribution in [0.4, 0.5) is 5.13 Å². The van der Waals surface area contributed by atoms with Gasteiger partial charge in [0.1, 0.15) is 0 Å². The quantitative estimate of drug-likeness (QED) is 0.661. The van der Waals surface area contributed by atoms with Crippen LogP contribution in [0.15, 0.2) is 5.38 Å². The highest BCUT2D eigenvalue weighted by Crippen LogP contribution is 2.26. The van der Waals surface area contributed by atoms with Gasteiger partial charge in [-0.1, -0.05) is 0 Å². The minimum absolute atomic E-state index is 0.0511. The minimum atomic E-state index is -3.19. The van der Waals surface area contributed by atoms with E-state index < -0.39 is 15.3 Å². The van der Waals surface area contributed by atoms with Gasteiger partial charge in [-0.25, -0.2) is 18.1 Å². The molecule has 0 unspecified atom stereocenters. The van der Waals surface area contributed by atoms with E-state index in [1.807, 2.05) is 5.38 Å². The lowest BCUT2D eigenvalue weighted by Crippen LogP contribution is -2.41. The average Bonchev–Trinajstić information content (AvgIpc) is 3.01. The fraction of sp³-hybridized carbons (Fsp3) is 0.750. The summed E-state index contributed by atoms with van der Waals surface area (Å²) >= 11 is 1.48. The molecule has 0 amide bonds. The number of carbonyl (C=O) groups excluding carboxylic acids is 1. The Bertz CT molecular complexity index is 665. The highest BCUT2D eigenvalue weighted by atomic mass is 32.2. The summed E-state index contributed by atoms with van der Waals surface area (Å²) in [6, 6.07) is 0.0511. The number of hydrogen-bond donors (Lipinski definition) is 2. The first-order valence-electron chi connectivity index (χ1n) is 8.56. The Labute approximate surface area is 153 Å². The minimum Gasteiger partial charge on any atom is -0.469 e. The van der Waals surface area contributed by atoms with Crippen molar-refractivity contribution in [3.63, 3.8) is 0 Å². The van der Waals surface area contributed by atoms with Gasteiger partial charge in [-0.3, -0.25) is 4.79 Å². The van der Waals surface area contributed by atoms with E-state index in [1.54, 1.807) is 13.8 Å². The van der Waals surface area contributed by atoms with Crippen LogP contribution in [0.5, 0.6) is 0 Å². The highest BCUT2D eigenvalue weighted by molar-refractivity contribution is 7.90. The molecule has 0 radical (unpaired) electrons. The maximum atomic E-state index is 11.9. The molecule has 7 nitrogen and oxygen atoms in total. The molecule has 1 fully saturated rings. The third-order valence-corrected chi connectivity index (χ3v) is 7.20. The zero-order chi connectivity index (χ0) is 18.4. The first-order chi connectivity index (χ1) is 11.8. The lowest BCUT2D eigenvalue weighted by Gasteiger charge is -2.29. The molecule has 0 atom stereocenters. The molecule has 2 N–H and O–H groups in total. The Morgan fingerprint density at radius 3 is 2.64 bits per heavy atom. The number of hydrogen-bond acceptors (Lipinski definition) is 7. The molecule has 1 aromatic heterocycles. The SMILES string of the molecule is COC(=O)Cc1csc(NCC2CCC(NS(=O)(=O)C(C)C)CC2)n1. The monoisotopic (exact) mass is 389 g/mol. The van der Waals surface area contributed by atoms with E-state index in [-0.39, 0.29) is 18.4 Å². The number of ether oxygens (including phenoxy) is 1. The Kier molecular flexibility index (Phi) is 7.21. The molecule has 1 heterocycles. The molecule has 1 saturated carbocycles. The van der Waals surface area contributed by atoms with E-state index in [0.717, 1.165) is 37.4 Å². The van der Waals surface area contributed by atoms with E-state index >= 15 is 0 Å². The Hall–Kier alpha value is -1.19. The number of aromatic nitrogens is 1. The van der Waals surface area contributed by atoms with Crippen molar-refractivity contribution in [1.29, 1.82) is 0 Å². The molecule has 0 saturated heterocycles. The van der Waals surface area contributed by atoms with Gasteiger partial charge in [0.15, 0.2) is 5.13 Å². The topological polar surface area (TPSA) is 97.4 Å². The summed E-state index contributed by atoms with van der Waals surface area (Å²) in [5, 5.41) is 5.60. The van der Waals surface area contributed by atoms with Crippen LogP contribution in [0.2, 0.25) is 0 Å². The maximum Gasteiger partial charge on any atom is 0.311 e. The van der Waals surface area contributed by atoms with Crippen LogP contribution in [0.1, 0.15) is 45.2 Å². The summed E-state index contributed by atoms with van der Waals surface area (Å²) in [5.74, 6) is 0.215. The number of rotatable bonds is 8. The number of nitrogens with zero attached hydrogens (tertiary/aromatic N) is 1. The molecule has 0 spiro atoms. The van der Waals surface area contributed by atoms with Gasteiger partial charge >= 0.3 is 5.97 Å². The van der Waals surface area contributed by atoms with E-state index in [2.05, 4.69) is 19.8 Å². The van der Waals surface area contributed by atoms with Crippen molar-refractivity contribution in [2.75, 3.05) is 19.0 Å². The van der Waals surface area contributed by atoms with Crippen LogP contribution in [-0.2, 0) is 26.0 Å². The smallest absolute Gasteiger partial charge is 0.311 e. The fourth-order valence-corrected chi connectivity index (χ4v) is 4.47. The molecule has 25 heavy (non-hydrogen) atoms. The second-order valence-corrected chi connectivity index (χ2v) is 9.83. The van der Waals surface area contributed by atoms with Gasteiger partial charge in [0.05, 0.1) is 24.5 Å². The van der Waals surface area contributed by atoms with Crippen molar-refractivity contribution in [1.82, 2.24) is 9.71 Å². The van der Waals surface area contributed by atoms with Gasteiger partial charge in [-0.15, -0.1) is 11.3 Å². The van der Waals surface area contributed by atoms with E-state index in [9.17, 15) is 13.2 Å². The molecule has 0 bridgehead atoms. The van der Waals surface area contributed by atoms with Crippen molar-refractivity contribution >= 4 is 32.5 Å². The predicted octanol–water partition coefficient (Wildman–Crippen LogP) is 2.16. The zero-order valence-corrected chi connectivity index (χ0v) is 16.6. The Balaban J connectivity index is 1.73. The number of methoxy groups -OCH3 is 1. The Morgan fingerprint density at radius 1 is 1.36 bits per heavy atom.